The van der Waals surface area contributed by atoms with E-state index in [-0.39, 0.29) is 18.0 Å². The second-order valence-electron chi connectivity index (χ2n) is 4.80. The molecule has 0 aliphatic carbocycles. The number of nitrogens with zero attached hydrogens (tertiary/aromatic N) is 3. The maximum atomic E-state index is 12.0. The van der Waals surface area contributed by atoms with Gasteiger partial charge in [-0.15, -0.1) is 11.3 Å². The highest BCUT2D eigenvalue weighted by Gasteiger charge is 2.11. The lowest BCUT2D eigenvalue weighted by atomic mass is 10.1. The number of ether oxygens (including phenoxy) is 1. The van der Waals surface area contributed by atoms with Gasteiger partial charge in [-0.25, -0.2) is 9.67 Å². The van der Waals surface area contributed by atoms with Gasteiger partial charge in [0, 0.05) is 23.2 Å². The number of methoxy groups -OCH3 is 1. The van der Waals surface area contributed by atoms with E-state index in [0.717, 1.165) is 10.2 Å². The summed E-state index contributed by atoms with van der Waals surface area (Å²) in [4.78, 5) is 28.0. The number of anilines is 1. The summed E-state index contributed by atoms with van der Waals surface area (Å²) >= 11 is 1.30. The average molecular weight is 342 g/mol. The fraction of sp³-hybridized carbons (Fsp3) is 0.125. The van der Waals surface area contributed by atoms with E-state index in [1.54, 1.807) is 24.8 Å². The van der Waals surface area contributed by atoms with E-state index in [0.29, 0.717) is 16.6 Å². The number of amides is 1. The van der Waals surface area contributed by atoms with E-state index in [2.05, 4.69) is 15.4 Å². The van der Waals surface area contributed by atoms with Gasteiger partial charge in [0.25, 0.3) is 5.56 Å². The summed E-state index contributed by atoms with van der Waals surface area (Å²) in [6, 6.07) is 10.3. The molecule has 0 bridgehead atoms. The molecular formula is C16H14N4O3S. The van der Waals surface area contributed by atoms with Crippen LogP contribution in [0, 0.1) is 0 Å². The van der Waals surface area contributed by atoms with Crippen molar-refractivity contribution in [3.63, 3.8) is 0 Å². The summed E-state index contributed by atoms with van der Waals surface area (Å²) in [5, 5.41) is 9.12. The van der Waals surface area contributed by atoms with Crippen molar-refractivity contribution >= 4 is 22.4 Å². The number of hydrogen-bond acceptors (Lipinski definition) is 6. The Hall–Kier alpha value is -3.00. The highest BCUT2D eigenvalue weighted by molar-refractivity contribution is 7.13. The number of carbonyl (C=O) groups is 1. The normalized spacial score (nSPS) is 10.4. The highest BCUT2D eigenvalue weighted by Crippen LogP contribution is 2.27. The summed E-state index contributed by atoms with van der Waals surface area (Å²) in [5.41, 5.74) is 0.936. The molecule has 1 N–H and O–H groups in total. The van der Waals surface area contributed by atoms with E-state index < -0.39 is 0 Å². The van der Waals surface area contributed by atoms with Gasteiger partial charge < -0.3 is 10.1 Å². The molecule has 3 aromatic rings. The summed E-state index contributed by atoms with van der Waals surface area (Å²) < 4.78 is 6.42. The van der Waals surface area contributed by atoms with Crippen molar-refractivity contribution in [3.05, 3.63) is 58.3 Å². The first-order valence-electron chi connectivity index (χ1n) is 7.08. The zero-order valence-corrected chi connectivity index (χ0v) is 13.6. The number of aromatic nitrogens is 3. The molecular weight excluding hydrogens is 328 g/mol. The van der Waals surface area contributed by atoms with Gasteiger partial charge in [-0.1, -0.05) is 12.1 Å². The molecule has 0 fully saturated rings. The predicted octanol–water partition coefficient (Wildman–Crippen LogP) is 2.01. The summed E-state index contributed by atoms with van der Waals surface area (Å²) in [6.45, 7) is -0.193. The molecule has 2 heterocycles. The molecule has 8 heteroatoms. The van der Waals surface area contributed by atoms with Crippen molar-refractivity contribution < 1.29 is 9.53 Å². The number of para-hydroxylation sites is 1. The van der Waals surface area contributed by atoms with Crippen molar-refractivity contribution in [1.29, 1.82) is 0 Å². The van der Waals surface area contributed by atoms with Crippen LogP contribution in [0.25, 0.3) is 11.3 Å². The summed E-state index contributed by atoms with van der Waals surface area (Å²) in [5.74, 6) is 0.277. The Morgan fingerprint density at radius 2 is 2.12 bits per heavy atom. The van der Waals surface area contributed by atoms with Gasteiger partial charge >= 0.3 is 0 Å². The van der Waals surface area contributed by atoms with Crippen LogP contribution in [0.5, 0.6) is 5.75 Å². The smallest absolute Gasteiger partial charge is 0.267 e. The molecule has 2 aromatic heterocycles. The molecule has 0 saturated carbocycles. The van der Waals surface area contributed by atoms with Crippen LogP contribution in [0.1, 0.15) is 0 Å². The van der Waals surface area contributed by atoms with E-state index in [1.165, 1.54) is 17.4 Å². The minimum Gasteiger partial charge on any atom is -0.496 e. The highest BCUT2D eigenvalue weighted by atomic mass is 32.1. The zero-order chi connectivity index (χ0) is 16.9. The number of carbonyl (C=O) groups excluding carboxylic acids is 1. The molecule has 122 valence electrons. The van der Waals surface area contributed by atoms with Gasteiger partial charge in [0.2, 0.25) is 5.91 Å². The molecule has 0 aliphatic heterocycles. The van der Waals surface area contributed by atoms with Gasteiger partial charge in [-0.05, 0) is 18.2 Å². The predicted molar refractivity (Wildman–Crippen MR) is 91.2 cm³/mol. The number of rotatable bonds is 5. The van der Waals surface area contributed by atoms with Crippen LogP contribution >= 0.6 is 11.3 Å². The van der Waals surface area contributed by atoms with Gasteiger partial charge in [0.15, 0.2) is 5.13 Å². The number of thiazole rings is 1. The van der Waals surface area contributed by atoms with Gasteiger partial charge in [-0.2, -0.15) is 5.10 Å². The molecule has 0 radical (unpaired) electrons. The maximum absolute atomic E-state index is 12.0. The van der Waals surface area contributed by atoms with Crippen LogP contribution in [0.4, 0.5) is 5.13 Å². The molecule has 1 aromatic carbocycles. The lowest BCUT2D eigenvalue weighted by molar-refractivity contribution is -0.117. The minimum atomic E-state index is -0.364. The fourth-order valence-electron chi connectivity index (χ4n) is 2.14. The van der Waals surface area contributed by atoms with Crippen LogP contribution in [0.3, 0.4) is 0 Å². The Labute approximate surface area is 141 Å². The quantitative estimate of drug-likeness (QED) is 0.766. The molecule has 24 heavy (non-hydrogen) atoms. The zero-order valence-electron chi connectivity index (χ0n) is 12.8. The third-order valence-electron chi connectivity index (χ3n) is 3.22. The second-order valence-corrected chi connectivity index (χ2v) is 5.69. The van der Waals surface area contributed by atoms with Crippen LogP contribution in [0.2, 0.25) is 0 Å². The number of benzene rings is 1. The first-order valence-corrected chi connectivity index (χ1v) is 7.96. The van der Waals surface area contributed by atoms with Crippen molar-refractivity contribution in [2.24, 2.45) is 0 Å². The maximum Gasteiger partial charge on any atom is 0.267 e. The van der Waals surface area contributed by atoms with E-state index in [1.807, 2.05) is 24.3 Å². The molecule has 1 amide bonds. The average Bonchev–Trinajstić information content (AvgIpc) is 3.09. The third-order valence-corrected chi connectivity index (χ3v) is 3.91. The Bertz CT molecular complexity index is 906. The monoisotopic (exact) mass is 342 g/mol. The molecule has 0 saturated heterocycles. The van der Waals surface area contributed by atoms with Crippen molar-refractivity contribution in [1.82, 2.24) is 14.8 Å². The molecule has 7 nitrogen and oxygen atoms in total. The van der Waals surface area contributed by atoms with Crippen LogP contribution in [-0.4, -0.2) is 27.8 Å². The van der Waals surface area contributed by atoms with E-state index in [9.17, 15) is 9.59 Å². The lowest BCUT2D eigenvalue weighted by Crippen LogP contribution is -2.29. The van der Waals surface area contributed by atoms with E-state index in [4.69, 9.17) is 4.74 Å². The van der Waals surface area contributed by atoms with Crippen molar-refractivity contribution in [2.45, 2.75) is 6.54 Å². The molecule has 3 rings (SSSR count). The van der Waals surface area contributed by atoms with Crippen LogP contribution in [-0.2, 0) is 11.3 Å². The van der Waals surface area contributed by atoms with Crippen molar-refractivity contribution in [3.8, 4) is 17.0 Å². The topological polar surface area (TPSA) is 86.1 Å². The van der Waals surface area contributed by atoms with Gasteiger partial charge in [0.1, 0.15) is 12.3 Å². The first-order chi connectivity index (χ1) is 11.7. The minimum absolute atomic E-state index is 0.193. The van der Waals surface area contributed by atoms with Gasteiger partial charge in [-0.3, -0.25) is 9.59 Å². The number of nitrogens with one attached hydrogen (secondary N) is 1. The third kappa shape index (κ3) is 3.49. The molecule has 0 unspecified atom stereocenters. The van der Waals surface area contributed by atoms with Crippen LogP contribution in [0.15, 0.2) is 52.8 Å². The number of hydrogen-bond donors (Lipinski definition) is 1. The summed E-state index contributed by atoms with van der Waals surface area (Å²) in [6.07, 6.45) is 1.59. The second kappa shape index (κ2) is 7.05. The Balaban J connectivity index is 1.86. The van der Waals surface area contributed by atoms with Gasteiger partial charge in [0.05, 0.1) is 12.8 Å². The molecule has 0 spiro atoms. The largest absolute Gasteiger partial charge is 0.496 e. The first kappa shape index (κ1) is 15.9. The SMILES string of the molecule is COc1ccccc1-c1ccc(=O)n(CC(=O)Nc2nccs2)n1. The van der Waals surface area contributed by atoms with Crippen molar-refractivity contribution in [2.75, 3.05) is 12.4 Å². The Morgan fingerprint density at radius 1 is 1.29 bits per heavy atom. The molecule has 0 atom stereocenters. The standard InChI is InChI=1S/C16H14N4O3S/c1-23-13-5-3-2-4-11(13)12-6-7-15(22)20(19-12)10-14(21)18-16-17-8-9-24-16/h2-9H,10H2,1H3,(H,17,18,21). The van der Waals surface area contributed by atoms with Crippen LogP contribution < -0.4 is 15.6 Å². The Kier molecular flexibility index (Phi) is 4.66. The fourth-order valence-corrected chi connectivity index (χ4v) is 2.69. The van der Waals surface area contributed by atoms with E-state index >= 15 is 0 Å². The Morgan fingerprint density at radius 3 is 2.88 bits per heavy atom. The molecule has 0 aliphatic rings. The lowest BCUT2D eigenvalue weighted by Gasteiger charge is -2.10. The summed E-state index contributed by atoms with van der Waals surface area (Å²) in [7, 11) is 1.57.